The van der Waals surface area contributed by atoms with Crippen molar-refractivity contribution in [2.45, 2.75) is 6.92 Å². The van der Waals surface area contributed by atoms with E-state index >= 15 is 0 Å². The zero-order chi connectivity index (χ0) is 12.6. The van der Waals surface area contributed by atoms with E-state index in [9.17, 15) is 9.90 Å². The summed E-state index contributed by atoms with van der Waals surface area (Å²) in [5.41, 5.74) is 1.51. The minimum Gasteiger partial charge on any atom is -0.506 e. The van der Waals surface area contributed by atoms with E-state index in [0.717, 1.165) is 11.1 Å². The van der Waals surface area contributed by atoms with Gasteiger partial charge in [-0.15, -0.1) is 0 Å². The summed E-state index contributed by atoms with van der Waals surface area (Å²) < 4.78 is 0.447. The number of halogens is 1. The van der Waals surface area contributed by atoms with Crippen molar-refractivity contribution in [2.75, 3.05) is 0 Å². The fourth-order valence-electron chi connectivity index (χ4n) is 1.44. The largest absolute Gasteiger partial charge is 0.506 e. The zero-order valence-electron chi connectivity index (χ0n) is 8.78. The first kappa shape index (κ1) is 12.4. The summed E-state index contributed by atoms with van der Waals surface area (Å²) in [5, 5.41) is 12.4. The first-order chi connectivity index (χ1) is 7.99. The normalized spacial score (nSPS) is 18.2. The molecule has 0 radical (unpaired) electrons. The Bertz CT molecular complexity index is 554. The highest BCUT2D eigenvalue weighted by molar-refractivity contribution is 8.26. The summed E-state index contributed by atoms with van der Waals surface area (Å²) >= 11 is 11.9. The maximum Gasteiger partial charge on any atom is 0.263 e. The number of carbonyl (C=O) groups is 1. The lowest BCUT2D eigenvalue weighted by atomic mass is 10.1. The van der Waals surface area contributed by atoms with E-state index in [2.05, 4.69) is 5.32 Å². The fourth-order valence-corrected chi connectivity index (χ4v) is 2.64. The molecule has 1 aromatic carbocycles. The highest BCUT2D eigenvalue weighted by Gasteiger charge is 2.25. The Kier molecular flexibility index (Phi) is 3.42. The molecule has 0 aromatic heterocycles. The van der Waals surface area contributed by atoms with Crippen LogP contribution in [0.3, 0.4) is 0 Å². The maximum atomic E-state index is 11.6. The van der Waals surface area contributed by atoms with Gasteiger partial charge in [0.2, 0.25) is 0 Å². The number of rotatable bonds is 1. The summed E-state index contributed by atoms with van der Waals surface area (Å²) in [6.45, 7) is 1.80. The molecule has 0 atom stereocenters. The first-order valence-electron chi connectivity index (χ1n) is 4.72. The van der Waals surface area contributed by atoms with Crippen LogP contribution >= 0.6 is 35.6 Å². The number of hydrogen-bond acceptors (Lipinski definition) is 4. The second-order valence-electron chi connectivity index (χ2n) is 3.46. The SMILES string of the molecule is CC(=C1SC(=S)NC1=O)c1ccc(Cl)c(O)c1. The molecular formula is C11H8ClNO2S2. The predicted octanol–water partition coefficient (Wildman–Crippen LogP) is 2.92. The van der Waals surface area contributed by atoms with Gasteiger partial charge in [0.15, 0.2) is 0 Å². The van der Waals surface area contributed by atoms with Crippen molar-refractivity contribution in [3.63, 3.8) is 0 Å². The molecule has 88 valence electrons. The Hall–Kier alpha value is -1.04. The lowest BCUT2D eigenvalue weighted by Crippen LogP contribution is -2.18. The van der Waals surface area contributed by atoms with Crippen LogP contribution in [0.25, 0.3) is 5.57 Å². The number of benzene rings is 1. The standard InChI is InChI=1S/C11H8ClNO2S2/c1-5(9-10(15)13-11(16)17-9)6-2-3-7(12)8(14)4-6/h2-4,14H,1H3,(H,13,15,16). The number of hydrogen-bond donors (Lipinski definition) is 2. The molecule has 2 N–H and O–H groups in total. The molecule has 0 spiro atoms. The van der Waals surface area contributed by atoms with Crippen LogP contribution in [0.2, 0.25) is 5.02 Å². The molecule has 1 heterocycles. The summed E-state index contributed by atoms with van der Waals surface area (Å²) in [7, 11) is 0. The van der Waals surface area contributed by atoms with Gasteiger partial charge in [-0.2, -0.15) is 0 Å². The van der Waals surface area contributed by atoms with Gasteiger partial charge in [-0.1, -0.05) is 41.6 Å². The molecule has 1 saturated heterocycles. The monoisotopic (exact) mass is 285 g/mol. The molecule has 1 fully saturated rings. The van der Waals surface area contributed by atoms with Crippen LogP contribution in [0.1, 0.15) is 12.5 Å². The van der Waals surface area contributed by atoms with Crippen LogP contribution < -0.4 is 5.32 Å². The third-order valence-corrected chi connectivity index (χ3v) is 3.99. The summed E-state index contributed by atoms with van der Waals surface area (Å²) in [4.78, 5) is 12.1. The van der Waals surface area contributed by atoms with Gasteiger partial charge in [0, 0.05) is 0 Å². The van der Waals surface area contributed by atoms with Crippen LogP contribution in [-0.4, -0.2) is 15.3 Å². The molecule has 1 aliphatic rings. The number of carbonyl (C=O) groups excluding carboxylic acids is 1. The second-order valence-corrected chi connectivity index (χ2v) is 5.56. The Morgan fingerprint density at radius 2 is 2.24 bits per heavy atom. The molecule has 2 rings (SSSR count). The number of thiocarbonyl (C=S) groups is 1. The Labute approximate surface area is 113 Å². The third-order valence-electron chi connectivity index (χ3n) is 2.34. The lowest BCUT2D eigenvalue weighted by Gasteiger charge is -2.05. The van der Waals surface area contributed by atoms with E-state index in [1.165, 1.54) is 17.8 Å². The minimum absolute atomic E-state index is 0.00454. The number of allylic oxidation sites excluding steroid dienone is 1. The van der Waals surface area contributed by atoms with E-state index < -0.39 is 0 Å². The van der Waals surface area contributed by atoms with Crippen molar-refractivity contribution in [3.8, 4) is 5.75 Å². The quantitative estimate of drug-likeness (QED) is 0.615. The molecule has 6 heteroatoms. The van der Waals surface area contributed by atoms with Crippen LogP contribution in [0.4, 0.5) is 0 Å². The van der Waals surface area contributed by atoms with Gasteiger partial charge in [0.25, 0.3) is 5.91 Å². The number of nitrogens with one attached hydrogen (secondary N) is 1. The predicted molar refractivity (Wildman–Crippen MR) is 74.0 cm³/mol. The molecule has 1 aliphatic heterocycles. The lowest BCUT2D eigenvalue weighted by molar-refractivity contribution is -0.115. The number of thioether (sulfide) groups is 1. The van der Waals surface area contributed by atoms with E-state index in [1.54, 1.807) is 19.1 Å². The van der Waals surface area contributed by atoms with E-state index in [1.807, 2.05) is 0 Å². The zero-order valence-corrected chi connectivity index (χ0v) is 11.2. The van der Waals surface area contributed by atoms with Gasteiger partial charge >= 0.3 is 0 Å². The molecule has 0 unspecified atom stereocenters. The van der Waals surface area contributed by atoms with Gasteiger partial charge < -0.3 is 10.4 Å². The number of phenols is 1. The van der Waals surface area contributed by atoms with E-state index in [0.29, 0.717) is 9.23 Å². The molecular weight excluding hydrogens is 278 g/mol. The van der Waals surface area contributed by atoms with Crippen molar-refractivity contribution in [3.05, 3.63) is 33.7 Å². The molecule has 1 amide bonds. The number of aromatic hydroxyl groups is 1. The molecule has 0 aliphatic carbocycles. The molecule has 1 aromatic rings. The summed E-state index contributed by atoms with van der Waals surface area (Å²) in [6, 6.07) is 4.87. The average Bonchev–Trinajstić information content (AvgIpc) is 2.61. The minimum atomic E-state index is -0.202. The maximum absolute atomic E-state index is 11.6. The van der Waals surface area contributed by atoms with Crippen molar-refractivity contribution >= 4 is 51.4 Å². The van der Waals surface area contributed by atoms with Gasteiger partial charge in [-0.05, 0) is 30.2 Å². The van der Waals surface area contributed by atoms with Crippen LogP contribution in [0, 0.1) is 0 Å². The smallest absolute Gasteiger partial charge is 0.263 e. The van der Waals surface area contributed by atoms with Crippen LogP contribution in [0.5, 0.6) is 5.75 Å². The first-order valence-corrected chi connectivity index (χ1v) is 6.32. The van der Waals surface area contributed by atoms with E-state index in [-0.39, 0.29) is 16.7 Å². The van der Waals surface area contributed by atoms with Crippen LogP contribution in [0.15, 0.2) is 23.1 Å². The van der Waals surface area contributed by atoms with Crippen LogP contribution in [-0.2, 0) is 4.79 Å². The molecule has 3 nitrogen and oxygen atoms in total. The second kappa shape index (κ2) is 4.68. The fraction of sp³-hybridized carbons (Fsp3) is 0.0909. The summed E-state index contributed by atoms with van der Waals surface area (Å²) in [6.07, 6.45) is 0. The van der Waals surface area contributed by atoms with Crippen molar-refractivity contribution in [1.29, 1.82) is 0 Å². The van der Waals surface area contributed by atoms with Gasteiger partial charge in [-0.3, -0.25) is 4.79 Å². The van der Waals surface area contributed by atoms with Gasteiger partial charge in [0.05, 0.1) is 9.93 Å². The topological polar surface area (TPSA) is 49.3 Å². The summed E-state index contributed by atoms with van der Waals surface area (Å²) in [5.74, 6) is -0.206. The highest BCUT2D eigenvalue weighted by atomic mass is 35.5. The Balaban J connectivity index is 2.46. The Morgan fingerprint density at radius 3 is 2.76 bits per heavy atom. The molecule has 17 heavy (non-hydrogen) atoms. The average molecular weight is 286 g/mol. The van der Waals surface area contributed by atoms with Gasteiger partial charge in [0.1, 0.15) is 10.1 Å². The van der Waals surface area contributed by atoms with Crippen molar-refractivity contribution in [1.82, 2.24) is 5.32 Å². The van der Waals surface area contributed by atoms with E-state index in [4.69, 9.17) is 23.8 Å². The van der Waals surface area contributed by atoms with Gasteiger partial charge in [-0.25, -0.2) is 0 Å². The van der Waals surface area contributed by atoms with Crippen molar-refractivity contribution in [2.24, 2.45) is 0 Å². The van der Waals surface area contributed by atoms with Crippen molar-refractivity contribution < 1.29 is 9.90 Å². The highest BCUT2D eigenvalue weighted by Crippen LogP contribution is 2.34. The third kappa shape index (κ3) is 2.46. The molecule has 0 saturated carbocycles. The number of amides is 1. The number of phenolic OH excluding ortho intramolecular Hbond substituents is 1. The Morgan fingerprint density at radius 1 is 1.53 bits per heavy atom. The molecule has 0 bridgehead atoms.